The normalized spacial score (nSPS) is 14.3. The fraction of sp³-hybridized carbons (Fsp3) is 1.00. The molecule has 0 spiro atoms. The van der Waals surface area contributed by atoms with Crippen LogP contribution in [0.4, 0.5) is 13.2 Å². The number of nitrogens with zero attached hydrogens (tertiary/aromatic N) is 1. The van der Waals surface area contributed by atoms with Crippen molar-refractivity contribution in [2.75, 3.05) is 32.7 Å². The van der Waals surface area contributed by atoms with E-state index in [1.165, 1.54) is 4.90 Å². The van der Waals surface area contributed by atoms with Gasteiger partial charge in [0.2, 0.25) is 0 Å². The van der Waals surface area contributed by atoms with Crippen molar-refractivity contribution in [3.05, 3.63) is 0 Å². The lowest BCUT2D eigenvalue weighted by Crippen LogP contribution is -2.42. The smallest absolute Gasteiger partial charge is 0.390 e. The minimum absolute atomic E-state index is 0.0596. The van der Waals surface area contributed by atoms with Crippen LogP contribution in [0.1, 0.15) is 26.7 Å². The first-order valence-electron chi connectivity index (χ1n) is 6.07. The molecule has 0 bridgehead atoms. The molecule has 0 aliphatic heterocycles. The average molecular weight is 256 g/mol. The van der Waals surface area contributed by atoms with Gasteiger partial charge in [0.15, 0.2) is 0 Å². The van der Waals surface area contributed by atoms with Crippen molar-refractivity contribution < 1.29 is 18.3 Å². The van der Waals surface area contributed by atoms with E-state index in [1.54, 1.807) is 0 Å². The SMILES string of the molecule is CCCNCC(O)CN(CCC)CC(F)(F)F. The van der Waals surface area contributed by atoms with Crippen molar-refractivity contribution in [3.8, 4) is 0 Å². The molecule has 0 aromatic carbocycles. The molecule has 1 unspecified atom stereocenters. The zero-order valence-electron chi connectivity index (χ0n) is 10.6. The van der Waals surface area contributed by atoms with E-state index in [1.807, 2.05) is 13.8 Å². The molecule has 1 atom stereocenters. The zero-order valence-corrected chi connectivity index (χ0v) is 10.6. The van der Waals surface area contributed by atoms with Gasteiger partial charge in [-0.05, 0) is 25.9 Å². The fourth-order valence-electron chi connectivity index (χ4n) is 1.61. The average Bonchev–Trinajstić information content (AvgIpc) is 2.15. The maximum atomic E-state index is 12.2. The summed E-state index contributed by atoms with van der Waals surface area (Å²) in [6.07, 6.45) is -3.37. The highest BCUT2D eigenvalue weighted by Gasteiger charge is 2.30. The van der Waals surface area contributed by atoms with Crippen LogP contribution < -0.4 is 5.32 Å². The van der Waals surface area contributed by atoms with Gasteiger partial charge in [-0.15, -0.1) is 0 Å². The van der Waals surface area contributed by atoms with Gasteiger partial charge in [-0.1, -0.05) is 13.8 Å². The summed E-state index contributed by atoms with van der Waals surface area (Å²) in [4.78, 5) is 1.25. The van der Waals surface area contributed by atoms with Crippen LogP contribution in [-0.2, 0) is 0 Å². The molecule has 0 heterocycles. The molecule has 0 rings (SSSR count). The monoisotopic (exact) mass is 256 g/mol. The maximum absolute atomic E-state index is 12.2. The lowest BCUT2D eigenvalue weighted by Gasteiger charge is -2.25. The van der Waals surface area contributed by atoms with Crippen molar-refractivity contribution in [1.82, 2.24) is 10.2 Å². The highest BCUT2D eigenvalue weighted by molar-refractivity contribution is 4.69. The number of rotatable bonds is 9. The third-order valence-electron chi connectivity index (χ3n) is 2.22. The molecule has 0 aliphatic carbocycles. The van der Waals surface area contributed by atoms with Crippen LogP contribution in [0, 0.1) is 0 Å². The third-order valence-corrected chi connectivity index (χ3v) is 2.22. The van der Waals surface area contributed by atoms with Crippen molar-refractivity contribution >= 4 is 0 Å². The first-order chi connectivity index (χ1) is 7.89. The summed E-state index contributed by atoms with van der Waals surface area (Å²) in [6.45, 7) is 4.38. The number of hydrogen-bond acceptors (Lipinski definition) is 3. The summed E-state index contributed by atoms with van der Waals surface area (Å²) < 4.78 is 36.7. The molecule has 3 nitrogen and oxygen atoms in total. The fourth-order valence-corrected chi connectivity index (χ4v) is 1.61. The van der Waals surface area contributed by atoms with E-state index >= 15 is 0 Å². The Morgan fingerprint density at radius 3 is 2.35 bits per heavy atom. The van der Waals surface area contributed by atoms with Crippen LogP contribution >= 0.6 is 0 Å². The van der Waals surface area contributed by atoms with Crippen LogP contribution in [0.3, 0.4) is 0 Å². The van der Waals surface area contributed by atoms with Crippen LogP contribution in [-0.4, -0.2) is 55.0 Å². The van der Waals surface area contributed by atoms with Gasteiger partial charge in [0.05, 0.1) is 12.6 Å². The molecular weight excluding hydrogens is 233 g/mol. The molecule has 104 valence electrons. The molecule has 0 radical (unpaired) electrons. The van der Waals surface area contributed by atoms with Crippen LogP contribution in [0.25, 0.3) is 0 Å². The predicted octanol–water partition coefficient (Wildman–Crippen LogP) is 1.62. The first-order valence-corrected chi connectivity index (χ1v) is 6.07. The maximum Gasteiger partial charge on any atom is 0.401 e. The Hall–Kier alpha value is -0.330. The summed E-state index contributed by atoms with van der Waals surface area (Å²) in [5.74, 6) is 0. The second kappa shape index (κ2) is 8.72. The summed E-state index contributed by atoms with van der Waals surface area (Å²) in [5, 5.41) is 12.6. The molecule has 2 N–H and O–H groups in total. The summed E-state index contributed by atoms with van der Waals surface area (Å²) in [5.41, 5.74) is 0. The second-order valence-electron chi connectivity index (χ2n) is 4.21. The molecule has 6 heteroatoms. The van der Waals surface area contributed by atoms with Gasteiger partial charge in [0.25, 0.3) is 0 Å². The minimum Gasteiger partial charge on any atom is -0.390 e. The van der Waals surface area contributed by atoms with Crippen molar-refractivity contribution in [2.45, 2.75) is 39.0 Å². The minimum atomic E-state index is -4.20. The number of nitrogens with one attached hydrogen (secondary N) is 1. The molecule has 0 fully saturated rings. The Labute approximate surface area is 101 Å². The Kier molecular flexibility index (Phi) is 8.55. The Morgan fingerprint density at radius 2 is 1.88 bits per heavy atom. The third kappa shape index (κ3) is 10.5. The van der Waals surface area contributed by atoms with Crippen molar-refractivity contribution in [2.24, 2.45) is 0 Å². The van der Waals surface area contributed by atoms with E-state index < -0.39 is 18.8 Å². The van der Waals surface area contributed by atoms with E-state index in [9.17, 15) is 18.3 Å². The van der Waals surface area contributed by atoms with E-state index in [4.69, 9.17) is 0 Å². The van der Waals surface area contributed by atoms with Gasteiger partial charge in [-0.3, -0.25) is 4.90 Å². The van der Waals surface area contributed by atoms with Crippen LogP contribution in [0.15, 0.2) is 0 Å². The Bertz CT molecular complexity index is 188. The Balaban J connectivity index is 3.97. The summed E-state index contributed by atoms with van der Waals surface area (Å²) in [6, 6.07) is 0. The van der Waals surface area contributed by atoms with E-state index in [-0.39, 0.29) is 6.54 Å². The summed E-state index contributed by atoms with van der Waals surface area (Å²) in [7, 11) is 0. The number of halogens is 3. The lowest BCUT2D eigenvalue weighted by molar-refractivity contribution is -0.148. The molecule has 0 saturated heterocycles. The van der Waals surface area contributed by atoms with Crippen LogP contribution in [0.5, 0.6) is 0 Å². The highest BCUT2D eigenvalue weighted by atomic mass is 19.4. The first kappa shape index (κ1) is 16.7. The van der Waals surface area contributed by atoms with Crippen molar-refractivity contribution in [3.63, 3.8) is 0 Å². The largest absolute Gasteiger partial charge is 0.401 e. The van der Waals surface area contributed by atoms with E-state index in [2.05, 4.69) is 5.32 Å². The second-order valence-corrected chi connectivity index (χ2v) is 4.21. The van der Waals surface area contributed by atoms with Gasteiger partial charge in [-0.25, -0.2) is 0 Å². The molecule has 0 saturated carbocycles. The quantitative estimate of drug-likeness (QED) is 0.615. The van der Waals surface area contributed by atoms with Gasteiger partial charge >= 0.3 is 6.18 Å². The van der Waals surface area contributed by atoms with Gasteiger partial charge < -0.3 is 10.4 Å². The van der Waals surface area contributed by atoms with Crippen LogP contribution in [0.2, 0.25) is 0 Å². The highest BCUT2D eigenvalue weighted by Crippen LogP contribution is 2.16. The van der Waals surface area contributed by atoms with Gasteiger partial charge in [0.1, 0.15) is 0 Å². The number of hydrogen-bond donors (Lipinski definition) is 2. The van der Waals surface area contributed by atoms with Crippen molar-refractivity contribution in [1.29, 1.82) is 0 Å². The molecule has 0 aromatic rings. The predicted molar refractivity (Wildman–Crippen MR) is 62.0 cm³/mol. The number of aliphatic hydroxyl groups is 1. The molecular formula is C11H23F3N2O. The molecule has 17 heavy (non-hydrogen) atoms. The standard InChI is InChI=1S/C11H23F3N2O/c1-3-5-15-7-10(17)8-16(6-4-2)9-11(12,13)14/h10,15,17H,3-9H2,1-2H3. The number of aliphatic hydroxyl groups excluding tert-OH is 1. The van der Waals surface area contributed by atoms with Gasteiger partial charge in [0, 0.05) is 13.1 Å². The molecule has 0 aromatic heterocycles. The van der Waals surface area contributed by atoms with E-state index in [0.717, 1.165) is 13.0 Å². The topological polar surface area (TPSA) is 35.5 Å². The zero-order chi connectivity index (χ0) is 13.3. The lowest BCUT2D eigenvalue weighted by atomic mass is 10.3. The summed E-state index contributed by atoms with van der Waals surface area (Å²) >= 11 is 0. The van der Waals surface area contributed by atoms with Gasteiger partial charge in [-0.2, -0.15) is 13.2 Å². The molecule has 0 aliphatic rings. The Morgan fingerprint density at radius 1 is 1.24 bits per heavy atom. The van der Waals surface area contributed by atoms with E-state index in [0.29, 0.717) is 19.5 Å². The number of alkyl halides is 3. The molecule has 0 amide bonds.